The van der Waals surface area contributed by atoms with Crippen LogP contribution in [0.3, 0.4) is 0 Å². The fourth-order valence-electron chi connectivity index (χ4n) is 14.1. The molecule has 2 aliphatic carbocycles. The molecule has 0 bridgehead atoms. The molecule has 0 N–H and O–H groups in total. The van der Waals surface area contributed by atoms with Gasteiger partial charge < -0.3 is 18.8 Å². The smallest absolute Gasteiger partial charge is 0.135 e. The van der Waals surface area contributed by atoms with Crippen molar-refractivity contribution in [3.8, 4) is 67.5 Å². The number of fused-ring (bicyclic) bond motifs is 21. The van der Waals surface area contributed by atoms with Crippen LogP contribution in [0.25, 0.3) is 66.4 Å². The quantitative estimate of drug-likeness (QED) is 0.172. The monoisotopic (exact) mass is 995 g/mol. The number of nitrogens with zero attached hydrogens (tertiary/aromatic N) is 1. The summed E-state index contributed by atoms with van der Waals surface area (Å²) in [4.78, 5) is 2.42. The van der Waals surface area contributed by atoms with Crippen LogP contribution < -0.4 is 14.4 Å². The van der Waals surface area contributed by atoms with Crippen molar-refractivity contribution in [3.05, 3.63) is 317 Å². The molecule has 4 heteroatoms. The lowest BCUT2D eigenvalue weighted by molar-refractivity contribution is 0.436. The molecule has 2 spiro atoms. The summed E-state index contributed by atoms with van der Waals surface area (Å²) in [5, 5.41) is 2.23. The molecule has 0 amide bonds. The Balaban J connectivity index is 0.845. The summed E-state index contributed by atoms with van der Waals surface area (Å²) in [7, 11) is 0. The third kappa shape index (κ3) is 5.78. The molecule has 3 heterocycles. The first-order valence-electron chi connectivity index (χ1n) is 26.8. The van der Waals surface area contributed by atoms with Crippen molar-refractivity contribution in [3.63, 3.8) is 0 Å². The summed E-state index contributed by atoms with van der Waals surface area (Å²) in [5.41, 5.74) is 22.9. The molecule has 13 aromatic rings. The van der Waals surface area contributed by atoms with E-state index in [1.807, 2.05) is 12.1 Å². The van der Waals surface area contributed by atoms with Gasteiger partial charge in [0.15, 0.2) is 0 Å². The molecule has 4 aliphatic rings. The van der Waals surface area contributed by atoms with Crippen LogP contribution in [-0.4, -0.2) is 0 Å². The minimum atomic E-state index is -0.616. The molecule has 0 atom stereocenters. The fourth-order valence-corrected chi connectivity index (χ4v) is 14.1. The maximum Gasteiger partial charge on any atom is 0.135 e. The number of furan rings is 1. The van der Waals surface area contributed by atoms with Crippen molar-refractivity contribution < 1.29 is 13.9 Å². The molecule has 0 fully saturated rings. The molecule has 4 nitrogen and oxygen atoms in total. The number of ether oxygens (including phenoxy) is 2. The van der Waals surface area contributed by atoms with Gasteiger partial charge in [-0.2, -0.15) is 0 Å². The molecular weight excluding hydrogens is 951 g/mol. The SMILES string of the molecule is c1ccc2c(c1)Oc1ccccc1C21c2ccccc2-c2ccc(N(c3ccc(-c4ccc5oc6ccccc6c5c4)cc3)c3ccc(-c4cccc5c4-c4ccccc4C54c5ccccc5Oc5ccccc54)cc3)cc21. The van der Waals surface area contributed by atoms with Gasteiger partial charge in [0.05, 0.1) is 10.8 Å². The summed E-state index contributed by atoms with van der Waals surface area (Å²) >= 11 is 0. The van der Waals surface area contributed by atoms with Gasteiger partial charge in [-0.05, 0) is 146 Å². The largest absolute Gasteiger partial charge is 0.457 e. The van der Waals surface area contributed by atoms with Crippen molar-refractivity contribution in [2.24, 2.45) is 0 Å². The van der Waals surface area contributed by atoms with E-state index < -0.39 is 10.8 Å². The topological polar surface area (TPSA) is 34.8 Å². The van der Waals surface area contributed by atoms with E-state index in [-0.39, 0.29) is 0 Å². The highest BCUT2D eigenvalue weighted by atomic mass is 16.5. The normalized spacial score (nSPS) is 14.1. The molecule has 0 saturated carbocycles. The van der Waals surface area contributed by atoms with Gasteiger partial charge in [-0.1, -0.05) is 194 Å². The molecule has 0 unspecified atom stereocenters. The fraction of sp³-hybridized carbons (Fsp3) is 0.0270. The molecule has 12 aromatic carbocycles. The molecular formula is C74H45NO3. The minimum absolute atomic E-state index is 0.551. The Morgan fingerprint density at radius 1 is 0.256 bits per heavy atom. The van der Waals surface area contributed by atoms with E-state index >= 15 is 0 Å². The minimum Gasteiger partial charge on any atom is -0.457 e. The second kappa shape index (κ2) is 16.2. The van der Waals surface area contributed by atoms with Crippen molar-refractivity contribution in [1.29, 1.82) is 0 Å². The number of anilines is 3. The second-order valence-electron chi connectivity index (χ2n) is 21.0. The zero-order valence-electron chi connectivity index (χ0n) is 42.2. The van der Waals surface area contributed by atoms with Crippen LogP contribution in [0.15, 0.2) is 277 Å². The third-order valence-electron chi connectivity index (χ3n) is 17.2. The van der Waals surface area contributed by atoms with Crippen molar-refractivity contribution in [2.75, 3.05) is 4.90 Å². The Labute approximate surface area is 451 Å². The number of hydrogen-bond donors (Lipinski definition) is 0. The van der Waals surface area contributed by atoms with Gasteiger partial charge in [-0.3, -0.25) is 0 Å². The predicted octanol–water partition coefficient (Wildman–Crippen LogP) is 19.3. The molecule has 78 heavy (non-hydrogen) atoms. The lowest BCUT2D eigenvalue weighted by atomic mass is 9.66. The van der Waals surface area contributed by atoms with E-state index in [1.165, 1.54) is 50.1 Å². The first kappa shape index (κ1) is 43.1. The number of benzene rings is 12. The summed E-state index contributed by atoms with van der Waals surface area (Å²) in [6, 6.07) is 99.2. The Kier molecular flexibility index (Phi) is 8.94. The standard InChI is InChI=1S/C74H45NO3/c1-4-20-58-53(16-1)54-42-41-51(45-65(54)74(58)62-24-8-13-30-70(62)78-71-31-14-9-25-63(71)74)75(49-37-32-46(33-38-49)48-36-43-67-57(44-48)55-17-3-10-27-66(55)76-67)50-39-34-47(35-40-50)52-19-15-26-64-72(52)56-18-2-5-21-59(56)73(64)60-22-6-11-28-68(60)77-69-29-12-7-23-61(69)73/h1-45H. The van der Waals surface area contributed by atoms with Crippen LogP contribution in [0, 0.1) is 0 Å². The lowest BCUT2D eigenvalue weighted by Gasteiger charge is -2.39. The van der Waals surface area contributed by atoms with Gasteiger partial charge in [0, 0.05) is 50.1 Å². The lowest BCUT2D eigenvalue weighted by Crippen LogP contribution is -2.32. The summed E-state index contributed by atoms with van der Waals surface area (Å²) in [6.45, 7) is 0. The van der Waals surface area contributed by atoms with E-state index in [0.29, 0.717) is 0 Å². The van der Waals surface area contributed by atoms with E-state index in [2.05, 4.69) is 266 Å². The summed E-state index contributed by atoms with van der Waals surface area (Å²) in [5.74, 6) is 3.53. The number of rotatable bonds is 5. The zero-order chi connectivity index (χ0) is 51.1. The maximum atomic E-state index is 6.74. The van der Waals surface area contributed by atoms with Crippen molar-refractivity contribution >= 4 is 39.0 Å². The van der Waals surface area contributed by atoms with Gasteiger partial charge in [0.2, 0.25) is 0 Å². The molecule has 0 saturated heterocycles. The van der Waals surface area contributed by atoms with Crippen molar-refractivity contribution in [1.82, 2.24) is 0 Å². The highest BCUT2D eigenvalue weighted by molar-refractivity contribution is 6.06. The average Bonchev–Trinajstić information content (AvgIpc) is 4.09. The molecule has 364 valence electrons. The summed E-state index contributed by atoms with van der Waals surface area (Å²) < 4.78 is 19.6. The predicted molar refractivity (Wildman–Crippen MR) is 314 cm³/mol. The van der Waals surface area contributed by atoms with Crippen LogP contribution in [0.4, 0.5) is 17.1 Å². The van der Waals surface area contributed by atoms with Crippen LogP contribution >= 0.6 is 0 Å². The number of para-hydroxylation sites is 5. The van der Waals surface area contributed by atoms with E-state index in [9.17, 15) is 0 Å². The van der Waals surface area contributed by atoms with Gasteiger partial charge in [0.25, 0.3) is 0 Å². The first-order valence-corrected chi connectivity index (χ1v) is 26.8. The second-order valence-corrected chi connectivity index (χ2v) is 21.0. The average molecular weight is 996 g/mol. The van der Waals surface area contributed by atoms with Crippen molar-refractivity contribution in [2.45, 2.75) is 10.8 Å². The molecule has 2 aliphatic heterocycles. The maximum absolute atomic E-state index is 6.74. The van der Waals surface area contributed by atoms with Crippen LogP contribution in [0.5, 0.6) is 23.0 Å². The van der Waals surface area contributed by atoms with Gasteiger partial charge in [0.1, 0.15) is 34.2 Å². The summed E-state index contributed by atoms with van der Waals surface area (Å²) in [6.07, 6.45) is 0. The Bertz CT molecular complexity index is 4550. The highest BCUT2D eigenvalue weighted by Gasteiger charge is 2.53. The Morgan fingerprint density at radius 3 is 1.32 bits per heavy atom. The van der Waals surface area contributed by atoms with Gasteiger partial charge in [-0.15, -0.1) is 0 Å². The van der Waals surface area contributed by atoms with Gasteiger partial charge >= 0.3 is 0 Å². The van der Waals surface area contributed by atoms with Crippen LogP contribution in [-0.2, 0) is 10.8 Å². The van der Waals surface area contributed by atoms with E-state index in [4.69, 9.17) is 13.9 Å². The van der Waals surface area contributed by atoms with Gasteiger partial charge in [-0.25, -0.2) is 0 Å². The Hall–Kier alpha value is -10.2. The van der Waals surface area contributed by atoms with E-state index in [0.717, 1.165) is 101 Å². The first-order chi connectivity index (χ1) is 38.7. The Morgan fingerprint density at radius 2 is 0.692 bits per heavy atom. The molecule has 0 radical (unpaired) electrons. The van der Waals surface area contributed by atoms with Crippen LogP contribution in [0.1, 0.15) is 44.5 Å². The third-order valence-corrected chi connectivity index (χ3v) is 17.2. The molecule has 1 aromatic heterocycles. The zero-order valence-corrected chi connectivity index (χ0v) is 42.2. The van der Waals surface area contributed by atoms with Crippen LogP contribution in [0.2, 0.25) is 0 Å². The molecule has 17 rings (SSSR count). The number of hydrogen-bond acceptors (Lipinski definition) is 4. The van der Waals surface area contributed by atoms with E-state index in [1.54, 1.807) is 0 Å². The highest BCUT2D eigenvalue weighted by Crippen LogP contribution is 2.65.